The van der Waals surface area contributed by atoms with Crippen LogP contribution in [-0.2, 0) is 39.9 Å². The zero-order chi connectivity index (χ0) is 38.6. The molecule has 1 aliphatic heterocycles. The molecule has 1 saturated heterocycles. The van der Waals surface area contributed by atoms with Crippen LogP contribution in [0.1, 0.15) is 73.3 Å². The van der Waals surface area contributed by atoms with Crippen LogP contribution < -0.4 is 10.6 Å². The number of nitrogens with zero attached hydrogens (tertiary/aromatic N) is 3. The van der Waals surface area contributed by atoms with Crippen LogP contribution in [0.25, 0.3) is 0 Å². The maximum absolute atomic E-state index is 14.2. The number of hydrogen-bond donors (Lipinski definition) is 2. The van der Waals surface area contributed by atoms with E-state index in [2.05, 4.69) is 10.6 Å². The van der Waals surface area contributed by atoms with Gasteiger partial charge in [0, 0.05) is 34.2 Å². The number of amides is 4. The summed E-state index contributed by atoms with van der Waals surface area (Å²) in [5.41, 5.74) is 1.11. The summed E-state index contributed by atoms with van der Waals surface area (Å²) in [4.78, 5) is 72.7. The van der Waals surface area contributed by atoms with Crippen LogP contribution in [0.2, 0.25) is 0 Å². The van der Waals surface area contributed by atoms with E-state index < -0.39 is 42.3 Å². The Balaban J connectivity index is 2.26. The first-order valence-electron chi connectivity index (χ1n) is 18.4. The number of benzene rings is 1. The zero-order valence-electron chi connectivity index (χ0n) is 33.1. The Morgan fingerprint density at radius 2 is 1.55 bits per heavy atom. The summed E-state index contributed by atoms with van der Waals surface area (Å²) >= 11 is 0. The first-order valence-corrected chi connectivity index (χ1v) is 18.4. The van der Waals surface area contributed by atoms with Crippen LogP contribution in [0.4, 0.5) is 0 Å². The molecule has 288 valence electrons. The number of ketones is 1. The number of nitrogens with one attached hydrogen (secondary N) is 2. The van der Waals surface area contributed by atoms with Crippen LogP contribution in [-0.4, -0.2) is 129 Å². The minimum atomic E-state index is -0.785. The molecule has 51 heavy (non-hydrogen) atoms. The standard InChI is InChI=1S/C39H65N5O7/c1-13-26(6)35(43(10)39(49)33(24(2)3)41-38(48)34(25(4)5)42(8)9)31(50-11)22-32(46)44-23-29(45)21-30(44)36(51-12)27(7)37(47)40-20-19-28-17-15-14-16-18-28/h14-18,24-27,30-31,33-36H,13,19-23H2,1-12H3,(H,40,47)(H,41,48)/t26-,27+,30?,31+,33?,34-,35-,36+/m0/s1. The monoisotopic (exact) mass is 715 g/mol. The van der Waals surface area contributed by atoms with Gasteiger partial charge in [-0.15, -0.1) is 0 Å². The molecule has 8 atom stereocenters. The number of carbonyl (C=O) groups excluding carboxylic acids is 5. The van der Waals surface area contributed by atoms with Gasteiger partial charge in [-0.05, 0) is 43.8 Å². The van der Waals surface area contributed by atoms with Gasteiger partial charge in [0.25, 0.3) is 0 Å². The van der Waals surface area contributed by atoms with Gasteiger partial charge >= 0.3 is 0 Å². The fourth-order valence-electron chi connectivity index (χ4n) is 7.39. The van der Waals surface area contributed by atoms with Crippen molar-refractivity contribution in [1.82, 2.24) is 25.3 Å². The minimum absolute atomic E-state index is 0.0356. The topological polar surface area (TPSA) is 138 Å². The van der Waals surface area contributed by atoms with E-state index in [4.69, 9.17) is 9.47 Å². The third-order valence-corrected chi connectivity index (χ3v) is 10.4. The van der Waals surface area contributed by atoms with E-state index >= 15 is 0 Å². The lowest BCUT2D eigenvalue weighted by atomic mass is 9.89. The van der Waals surface area contributed by atoms with Gasteiger partial charge in [-0.25, -0.2) is 0 Å². The highest BCUT2D eigenvalue weighted by Gasteiger charge is 2.45. The molecule has 4 amide bonds. The molecule has 0 aromatic heterocycles. The smallest absolute Gasteiger partial charge is 0.245 e. The fraction of sp³-hybridized carbons (Fsp3) is 0.718. The normalized spacial score (nSPS) is 19.0. The van der Waals surface area contributed by atoms with E-state index in [0.717, 1.165) is 5.56 Å². The molecule has 2 rings (SSSR count). The molecule has 0 bridgehead atoms. The summed E-state index contributed by atoms with van der Waals surface area (Å²) in [5, 5.41) is 5.99. The molecule has 1 aliphatic rings. The van der Waals surface area contributed by atoms with E-state index in [0.29, 0.717) is 19.4 Å². The summed E-state index contributed by atoms with van der Waals surface area (Å²) in [6, 6.07) is 7.53. The molecule has 0 radical (unpaired) electrons. The SMILES string of the molecule is CC[C@H](C)[C@@H]([C@@H](CC(=O)N1CC(=O)CC1[C@H](OC)[C@@H](C)C(=O)NCCc1ccccc1)OC)N(C)C(=O)C(NC(=O)[C@H](C(C)C)N(C)C)C(C)C. The summed E-state index contributed by atoms with van der Waals surface area (Å²) in [5.74, 6) is -1.97. The summed E-state index contributed by atoms with van der Waals surface area (Å²) in [6.07, 6.45) is -0.0359. The van der Waals surface area contributed by atoms with Crippen molar-refractivity contribution in [2.24, 2.45) is 23.7 Å². The van der Waals surface area contributed by atoms with Crippen LogP contribution in [0.15, 0.2) is 30.3 Å². The number of likely N-dealkylation sites (N-methyl/N-ethyl adjacent to an activating group) is 2. The van der Waals surface area contributed by atoms with Gasteiger partial charge in [-0.3, -0.25) is 28.9 Å². The molecule has 1 aromatic rings. The second kappa shape index (κ2) is 20.6. The molecular weight excluding hydrogens is 650 g/mol. The van der Waals surface area contributed by atoms with Crippen molar-refractivity contribution in [1.29, 1.82) is 0 Å². The molecule has 0 aliphatic carbocycles. The van der Waals surface area contributed by atoms with Crippen molar-refractivity contribution in [3.8, 4) is 0 Å². The maximum Gasteiger partial charge on any atom is 0.245 e. The lowest BCUT2D eigenvalue weighted by molar-refractivity contribution is -0.148. The quantitative estimate of drug-likeness (QED) is 0.210. The highest BCUT2D eigenvalue weighted by Crippen LogP contribution is 2.28. The van der Waals surface area contributed by atoms with Crippen molar-refractivity contribution >= 4 is 29.4 Å². The molecule has 1 fully saturated rings. The fourth-order valence-corrected chi connectivity index (χ4v) is 7.39. The predicted octanol–water partition coefficient (Wildman–Crippen LogP) is 3.17. The van der Waals surface area contributed by atoms with Crippen molar-refractivity contribution in [3.05, 3.63) is 35.9 Å². The van der Waals surface area contributed by atoms with E-state index in [9.17, 15) is 24.0 Å². The highest BCUT2D eigenvalue weighted by atomic mass is 16.5. The third-order valence-electron chi connectivity index (χ3n) is 10.4. The number of methoxy groups -OCH3 is 2. The van der Waals surface area contributed by atoms with Crippen LogP contribution in [0.5, 0.6) is 0 Å². The largest absolute Gasteiger partial charge is 0.379 e. The Kier molecular flexibility index (Phi) is 17.7. The van der Waals surface area contributed by atoms with Gasteiger partial charge in [0.1, 0.15) is 6.04 Å². The highest BCUT2D eigenvalue weighted by molar-refractivity contribution is 5.92. The van der Waals surface area contributed by atoms with Gasteiger partial charge in [-0.1, -0.05) is 85.2 Å². The second-order valence-electron chi connectivity index (χ2n) is 15.0. The molecular formula is C39H65N5O7. The van der Waals surface area contributed by atoms with Crippen LogP contribution >= 0.6 is 0 Å². The third kappa shape index (κ3) is 11.8. The Hall–Kier alpha value is -3.35. The Morgan fingerprint density at radius 1 is 0.922 bits per heavy atom. The number of likely N-dealkylation sites (tertiary alicyclic amines) is 1. The first-order chi connectivity index (χ1) is 24.0. The zero-order valence-corrected chi connectivity index (χ0v) is 33.1. The lowest BCUT2D eigenvalue weighted by Crippen LogP contribution is -2.59. The van der Waals surface area contributed by atoms with Crippen molar-refractivity contribution in [3.63, 3.8) is 0 Å². The second-order valence-corrected chi connectivity index (χ2v) is 15.0. The molecule has 0 spiro atoms. The van der Waals surface area contributed by atoms with E-state index in [1.165, 1.54) is 19.1 Å². The summed E-state index contributed by atoms with van der Waals surface area (Å²) < 4.78 is 11.8. The number of ether oxygens (including phenoxy) is 2. The van der Waals surface area contributed by atoms with Gasteiger partial charge in [0.2, 0.25) is 23.6 Å². The van der Waals surface area contributed by atoms with Crippen molar-refractivity contribution in [2.45, 2.75) is 111 Å². The van der Waals surface area contributed by atoms with Gasteiger partial charge in [-0.2, -0.15) is 0 Å². The molecule has 12 nitrogen and oxygen atoms in total. The van der Waals surface area contributed by atoms with Crippen molar-refractivity contribution in [2.75, 3.05) is 48.5 Å². The van der Waals surface area contributed by atoms with E-state index in [1.54, 1.807) is 18.9 Å². The summed E-state index contributed by atoms with van der Waals surface area (Å²) in [7, 11) is 8.40. The number of carbonyl (C=O) groups is 5. The van der Waals surface area contributed by atoms with Gasteiger partial charge in [0.15, 0.2) is 5.78 Å². The number of rotatable bonds is 20. The van der Waals surface area contributed by atoms with Gasteiger partial charge in [0.05, 0.1) is 49.2 Å². The Morgan fingerprint density at radius 3 is 2.06 bits per heavy atom. The van der Waals surface area contributed by atoms with Crippen molar-refractivity contribution < 1.29 is 33.4 Å². The first kappa shape index (κ1) is 43.8. The van der Waals surface area contributed by atoms with Crippen LogP contribution in [0, 0.1) is 23.7 Å². The lowest BCUT2D eigenvalue weighted by Gasteiger charge is -2.41. The molecule has 1 aromatic carbocycles. The molecule has 0 saturated carbocycles. The average molecular weight is 716 g/mol. The Bertz CT molecular complexity index is 1280. The predicted molar refractivity (Wildman–Crippen MR) is 199 cm³/mol. The molecule has 1 heterocycles. The van der Waals surface area contributed by atoms with Gasteiger partial charge < -0.3 is 29.9 Å². The minimum Gasteiger partial charge on any atom is -0.379 e. The number of hydrogen-bond acceptors (Lipinski definition) is 8. The average Bonchev–Trinajstić information content (AvgIpc) is 3.47. The van der Waals surface area contributed by atoms with E-state index in [1.807, 2.05) is 90.9 Å². The molecule has 2 N–H and O–H groups in total. The Labute approximate surface area is 306 Å². The molecule has 12 heteroatoms. The summed E-state index contributed by atoms with van der Waals surface area (Å²) in [6.45, 7) is 13.9. The number of Topliss-reactive ketones (excluding diaryl/α,β-unsaturated/α-hetero) is 1. The molecule has 2 unspecified atom stereocenters. The van der Waals surface area contributed by atoms with Crippen LogP contribution in [0.3, 0.4) is 0 Å². The maximum atomic E-state index is 14.2. The van der Waals surface area contributed by atoms with E-state index in [-0.39, 0.29) is 66.6 Å².